The Morgan fingerprint density at radius 2 is 1.89 bits per heavy atom. The average Bonchev–Trinajstić information content (AvgIpc) is 2.95. The molecule has 0 bridgehead atoms. The van der Waals surface area contributed by atoms with Gasteiger partial charge in [0.05, 0.1) is 22.4 Å². The molecule has 1 heterocycles. The number of carbonyl (C=O) groups excluding carboxylic acids is 1. The lowest BCUT2D eigenvalue weighted by molar-refractivity contribution is -0.137. The molecular formula is C19H17F3N2O2S. The minimum absolute atomic E-state index is 0.106. The van der Waals surface area contributed by atoms with Crippen LogP contribution < -0.4 is 4.80 Å². The number of ether oxygens (including phenoxy) is 1. The van der Waals surface area contributed by atoms with E-state index in [1.165, 1.54) is 11.3 Å². The van der Waals surface area contributed by atoms with Crippen molar-refractivity contribution in [3.8, 4) is 0 Å². The van der Waals surface area contributed by atoms with Gasteiger partial charge in [-0.1, -0.05) is 17.4 Å². The molecule has 0 aliphatic carbocycles. The summed E-state index contributed by atoms with van der Waals surface area (Å²) < 4.78 is 46.0. The van der Waals surface area contributed by atoms with Crippen LogP contribution in [0.25, 0.3) is 10.2 Å². The average molecular weight is 394 g/mol. The summed E-state index contributed by atoms with van der Waals surface area (Å²) in [5.74, 6) is -0.585. The molecule has 0 unspecified atom stereocenters. The summed E-state index contributed by atoms with van der Waals surface area (Å²) in [7, 11) is 1.59. The van der Waals surface area contributed by atoms with Gasteiger partial charge in [-0.2, -0.15) is 18.2 Å². The third-order valence-corrected chi connectivity index (χ3v) is 5.05. The highest BCUT2D eigenvalue weighted by atomic mass is 32.1. The molecule has 1 amide bonds. The van der Waals surface area contributed by atoms with Crippen LogP contribution in [0, 0.1) is 6.92 Å². The van der Waals surface area contributed by atoms with Gasteiger partial charge in [0.15, 0.2) is 4.80 Å². The lowest BCUT2D eigenvalue weighted by Gasteiger charge is -2.06. The van der Waals surface area contributed by atoms with Crippen molar-refractivity contribution in [2.75, 3.05) is 13.7 Å². The number of hydrogen-bond acceptors (Lipinski definition) is 3. The molecule has 3 aromatic rings. The maximum atomic E-state index is 12.7. The van der Waals surface area contributed by atoms with Gasteiger partial charge in [-0.05, 0) is 48.9 Å². The second-order valence-corrected chi connectivity index (χ2v) is 7.00. The molecule has 0 aliphatic rings. The molecule has 0 atom stereocenters. The fourth-order valence-electron chi connectivity index (χ4n) is 2.62. The van der Waals surface area contributed by atoms with E-state index in [9.17, 15) is 18.0 Å². The van der Waals surface area contributed by atoms with Crippen LogP contribution >= 0.6 is 11.3 Å². The molecule has 0 radical (unpaired) electrons. The predicted molar refractivity (Wildman–Crippen MR) is 97.8 cm³/mol. The number of alkyl halides is 3. The smallest absolute Gasteiger partial charge is 0.383 e. The lowest BCUT2D eigenvalue weighted by atomic mass is 10.1. The first-order chi connectivity index (χ1) is 12.8. The number of nitrogens with zero attached hydrogens (tertiary/aromatic N) is 2. The van der Waals surface area contributed by atoms with Crippen LogP contribution in [0.1, 0.15) is 21.5 Å². The van der Waals surface area contributed by atoms with Gasteiger partial charge in [0.1, 0.15) is 0 Å². The van der Waals surface area contributed by atoms with E-state index >= 15 is 0 Å². The molecule has 8 heteroatoms. The van der Waals surface area contributed by atoms with Crippen molar-refractivity contribution in [1.82, 2.24) is 4.57 Å². The Kier molecular flexibility index (Phi) is 5.48. The van der Waals surface area contributed by atoms with E-state index in [1.807, 2.05) is 29.7 Å². The Labute approximate surface area is 157 Å². The summed E-state index contributed by atoms with van der Waals surface area (Å²) >= 11 is 1.36. The van der Waals surface area contributed by atoms with E-state index < -0.39 is 17.6 Å². The van der Waals surface area contributed by atoms with Crippen molar-refractivity contribution in [2.45, 2.75) is 19.6 Å². The zero-order chi connectivity index (χ0) is 19.6. The maximum absolute atomic E-state index is 12.7. The number of fused-ring (bicyclic) bond motifs is 1. The van der Waals surface area contributed by atoms with Crippen LogP contribution in [0.3, 0.4) is 0 Å². The molecule has 0 fully saturated rings. The molecule has 0 saturated carbocycles. The molecule has 0 saturated heterocycles. The predicted octanol–water partition coefficient (Wildman–Crippen LogP) is 4.42. The van der Waals surface area contributed by atoms with Crippen LogP contribution in [0.15, 0.2) is 47.5 Å². The number of carbonyl (C=O) groups is 1. The summed E-state index contributed by atoms with van der Waals surface area (Å²) in [6.45, 7) is 2.93. The minimum Gasteiger partial charge on any atom is -0.383 e. The Hall–Kier alpha value is -2.45. The summed E-state index contributed by atoms with van der Waals surface area (Å²) in [4.78, 5) is 17.1. The third-order valence-electron chi connectivity index (χ3n) is 4.01. The second kappa shape index (κ2) is 7.66. The van der Waals surface area contributed by atoms with E-state index in [0.29, 0.717) is 18.0 Å². The number of hydrogen-bond donors (Lipinski definition) is 0. The van der Waals surface area contributed by atoms with Crippen molar-refractivity contribution in [2.24, 2.45) is 4.99 Å². The van der Waals surface area contributed by atoms with Crippen molar-refractivity contribution in [1.29, 1.82) is 0 Å². The van der Waals surface area contributed by atoms with Crippen molar-refractivity contribution in [3.63, 3.8) is 0 Å². The van der Waals surface area contributed by atoms with Gasteiger partial charge >= 0.3 is 6.18 Å². The zero-order valence-electron chi connectivity index (χ0n) is 14.7. The van der Waals surface area contributed by atoms with Crippen molar-refractivity contribution < 1.29 is 22.7 Å². The number of halogens is 3. The van der Waals surface area contributed by atoms with Gasteiger partial charge < -0.3 is 9.30 Å². The van der Waals surface area contributed by atoms with Gasteiger partial charge in [0.25, 0.3) is 5.91 Å². The van der Waals surface area contributed by atoms with Crippen molar-refractivity contribution >= 4 is 27.5 Å². The number of aromatic nitrogens is 1. The molecule has 27 heavy (non-hydrogen) atoms. The van der Waals surface area contributed by atoms with Gasteiger partial charge in [-0.15, -0.1) is 0 Å². The highest BCUT2D eigenvalue weighted by molar-refractivity contribution is 7.16. The Balaban J connectivity index is 2.02. The quantitative estimate of drug-likeness (QED) is 0.658. The van der Waals surface area contributed by atoms with Gasteiger partial charge in [-0.25, -0.2) is 0 Å². The van der Waals surface area contributed by atoms with Crippen LogP contribution in [0.2, 0.25) is 0 Å². The van der Waals surface area contributed by atoms with Crippen LogP contribution in [0.4, 0.5) is 13.2 Å². The van der Waals surface area contributed by atoms with Gasteiger partial charge in [0.2, 0.25) is 0 Å². The lowest BCUT2D eigenvalue weighted by Crippen LogP contribution is -2.19. The number of benzene rings is 2. The Morgan fingerprint density at radius 3 is 2.52 bits per heavy atom. The molecule has 142 valence electrons. The zero-order valence-corrected chi connectivity index (χ0v) is 15.5. The fourth-order valence-corrected chi connectivity index (χ4v) is 3.77. The van der Waals surface area contributed by atoms with Crippen LogP contribution in [-0.2, 0) is 17.5 Å². The summed E-state index contributed by atoms with van der Waals surface area (Å²) in [6, 6.07) is 9.99. The highest BCUT2D eigenvalue weighted by Crippen LogP contribution is 2.29. The number of aryl methyl sites for hydroxylation is 1. The molecule has 0 N–H and O–H groups in total. The first kappa shape index (κ1) is 19.3. The summed E-state index contributed by atoms with van der Waals surface area (Å²) in [6.07, 6.45) is -4.44. The topological polar surface area (TPSA) is 43.6 Å². The van der Waals surface area contributed by atoms with E-state index in [0.717, 1.165) is 40.0 Å². The molecule has 0 aliphatic heterocycles. The fraction of sp³-hybridized carbons (Fsp3) is 0.263. The first-order valence-corrected chi connectivity index (χ1v) is 8.96. The number of rotatable bonds is 4. The molecule has 4 nitrogen and oxygen atoms in total. The van der Waals surface area contributed by atoms with Crippen LogP contribution in [-0.4, -0.2) is 24.2 Å². The Morgan fingerprint density at radius 1 is 1.19 bits per heavy atom. The van der Waals surface area contributed by atoms with E-state index in [4.69, 9.17) is 4.74 Å². The van der Waals surface area contributed by atoms with Gasteiger partial charge in [-0.3, -0.25) is 4.79 Å². The van der Waals surface area contributed by atoms with E-state index in [2.05, 4.69) is 4.99 Å². The highest BCUT2D eigenvalue weighted by Gasteiger charge is 2.30. The normalized spacial score (nSPS) is 12.7. The molecule has 0 spiro atoms. The molecule has 3 rings (SSSR count). The Bertz CT molecular complexity index is 1030. The molecule has 1 aromatic heterocycles. The summed E-state index contributed by atoms with van der Waals surface area (Å²) in [5.41, 5.74) is 1.33. The van der Waals surface area contributed by atoms with Gasteiger partial charge in [0, 0.05) is 19.2 Å². The largest absolute Gasteiger partial charge is 0.416 e. The second-order valence-electron chi connectivity index (χ2n) is 5.99. The number of thiazole rings is 1. The first-order valence-electron chi connectivity index (χ1n) is 8.15. The SMILES string of the molecule is COCCn1c(=NC(=O)c2ccc(C(F)(F)F)cc2)sc2cc(C)ccc21. The van der Waals surface area contributed by atoms with E-state index in [1.54, 1.807) is 7.11 Å². The maximum Gasteiger partial charge on any atom is 0.416 e. The summed E-state index contributed by atoms with van der Waals surface area (Å²) in [5, 5.41) is 0. The standard InChI is InChI=1S/C19H17F3N2O2S/c1-12-3-8-15-16(11-12)27-18(24(15)9-10-26-2)23-17(25)13-4-6-14(7-5-13)19(20,21)22/h3-8,11H,9-10H2,1-2H3. The molecular weight excluding hydrogens is 377 g/mol. The number of methoxy groups -OCH3 is 1. The van der Waals surface area contributed by atoms with Crippen molar-refractivity contribution in [3.05, 3.63) is 64.0 Å². The molecule has 2 aromatic carbocycles. The minimum atomic E-state index is -4.44. The monoisotopic (exact) mass is 394 g/mol. The number of amides is 1. The van der Waals surface area contributed by atoms with Crippen LogP contribution in [0.5, 0.6) is 0 Å². The third kappa shape index (κ3) is 4.28. The van der Waals surface area contributed by atoms with E-state index in [-0.39, 0.29) is 5.56 Å².